The second kappa shape index (κ2) is 10.9. The Morgan fingerprint density at radius 1 is 1.06 bits per heavy atom. The van der Waals surface area contributed by atoms with Gasteiger partial charge < -0.3 is 24.2 Å². The molecule has 0 radical (unpaired) electrons. The van der Waals surface area contributed by atoms with Gasteiger partial charge in [-0.15, -0.1) is 0 Å². The maximum Gasteiger partial charge on any atom is 0.246 e. The normalized spacial score (nSPS) is 14.4. The van der Waals surface area contributed by atoms with E-state index in [1.807, 2.05) is 36.1 Å². The minimum Gasteiger partial charge on any atom is -0.493 e. The molecule has 1 heterocycles. The second-order valence-electron chi connectivity index (χ2n) is 7.90. The van der Waals surface area contributed by atoms with E-state index in [2.05, 4.69) is 48.2 Å². The average Bonchev–Trinajstić information content (AvgIpc) is 2.78. The minimum absolute atomic E-state index is 0.0360. The monoisotopic (exact) mass is 423 g/mol. The summed E-state index contributed by atoms with van der Waals surface area (Å²) in [5.74, 6) is 1.41. The topological polar surface area (TPSA) is 45.2 Å². The molecule has 0 unspecified atom stereocenters. The molecular formula is C25H33N3O3. The maximum atomic E-state index is 12.7. The molecule has 0 bridgehead atoms. The quantitative estimate of drug-likeness (QED) is 0.608. The smallest absolute Gasteiger partial charge is 0.246 e. The van der Waals surface area contributed by atoms with Crippen molar-refractivity contribution < 1.29 is 14.3 Å². The number of amides is 1. The van der Waals surface area contributed by atoms with Gasteiger partial charge in [-0.2, -0.15) is 0 Å². The zero-order chi connectivity index (χ0) is 22.2. The maximum absolute atomic E-state index is 12.7. The van der Waals surface area contributed by atoms with Crippen molar-refractivity contribution in [2.45, 2.75) is 13.5 Å². The van der Waals surface area contributed by atoms with Crippen LogP contribution in [0.3, 0.4) is 0 Å². The molecule has 31 heavy (non-hydrogen) atoms. The van der Waals surface area contributed by atoms with Crippen LogP contribution in [0, 0.1) is 0 Å². The third-order valence-corrected chi connectivity index (χ3v) is 5.27. The van der Waals surface area contributed by atoms with Crippen molar-refractivity contribution in [2.24, 2.45) is 0 Å². The van der Waals surface area contributed by atoms with Crippen LogP contribution < -0.4 is 14.4 Å². The molecule has 0 atom stereocenters. The lowest BCUT2D eigenvalue weighted by Gasteiger charge is -2.36. The summed E-state index contributed by atoms with van der Waals surface area (Å²) in [7, 11) is 5.77. The van der Waals surface area contributed by atoms with Crippen LogP contribution in [0.4, 0.5) is 5.69 Å². The summed E-state index contributed by atoms with van der Waals surface area (Å²) in [4.78, 5) is 19.1. The molecule has 0 aliphatic carbocycles. The molecule has 1 aliphatic rings. The molecule has 2 aromatic rings. The molecule has 0 saturated carbocycles. The molecule has 1 amide bonds. The van der Waals surface area contributed by atoms with Gasteiger partial charge in [0.05, 0.1) is 13.7 Å². The Kier molecular flexibility index (Phi) is 7.95. The Morgan fingerprint density at radius 3 is 2.52 bits per heavy atom. The lowest BCUT2D eigenvalue weighted by Crippen LogP contribution is -2.48. The molecule has 1 fully saturated rings. The molecule has 0 N–H and O–H groups in total. The highest BCUT2D eigenvalue weighted by Crippen LogP contribution is 2.28. The molecular weight excluding hydrogens is 390 g/mol. The first-order chi connectivity index (χ1) is 15.0. The SMILES string of the molecule is CCOc1ccc(/C=C/C(=O)N2CCN(c3cccc(CN(C)C)c3)CC2)cc1OC. The first-order valence-corrected chi connectivity index (χ1v) is 10.8. The zero-order valence-corrected chi connectivity index (χ0v) is 19.0. The Bertz CT molecular complexity index is 903. The molecule has 3 rings (SSSR count). The number of hydrogen-bond acceptors (Lipinski definition) is 5. The molecule has 0 aromatic heterocycles. The fraction of sp³-hybridized carbons (Fsp3) is 0.400. The highest BCUT2D eigenvalue weighted by molar-refractivity contribution is 5.92. The van der Waals surface area contributed by atoms with Crippen LogP contribution in [0.15, 0.2) is 48.5 Å². The van der Waals surface area contributed by atoms with Gasteiger partial charge in [0.15, 0.2) is 11.5 Å². The van der Waals surface area contributed by atoms with Crippen LogP contribution in [-0.4, -0.2) is 69.7 Å². The number of carbonyl (C=O) groups is 1. The van der Waals surface area contributed by atoms with Gasteiger partial charge in [0.2, 0.25) is 5.91 Å². The summed E-state index contributed by atoms with van der Waals surface area (Å²) in [6.07, 6.45) is 3.47. The lowest BCUT2D eigenvalue weighted by atomic mass is 10.1. The summed E-state index contributed by atoms with van der Waals surface area (Å²) in [5.41, 5.74) is 3.43. The number of ether oxygens (including phenoxy) is 2. The summed E-state index contributed by atoms with van der Waals surface area (Å²) in [6.45, 7) is 6.54. The molecule has 1 saturated heterocycles. The number of methoxy groups -OCH3 is 1. The first-order valence-electron chi connectivity index (χ1n) is 10.8. The van der Waals surface area contributed by atoms with Crippen LogP contribution in [0.1, 0.15) is 18.1 Å². The van der Waals surface area contributed by atoms with Crippen molar-refractivity contribution in [3.63, 3.8) is 0 Å². The number of benzene rings is 2. The van der Waals surface area contributed by atoms with Crippen LogP contribution in [0.2, 0.25) is 0 Å². The number of nitrogens with zero attached hydrogens (tertiary/aromatic N) is 3. The number of carbonyl (C=O) groups excluding carboxylic acids is 1. The third kappa shape index (κ3) is 6.25. The standard InChI is InChI=1S/C25H33N3O3/c1-5-31-23-11-9-20(18-24(23)30-4)10-12-25(29)28-15-13-27(14-16-28)22-8-6-7-21(17-22)19-26(2)3/h6-12,17-18H,5,13-16,19H2,1-4H3/b12-10+. The Morgan fingerprint density at radius 2 is 1.84 bits per heavy atom. The highest BCUT2D eigenvalue weighted by atomic mass is 16.5. The fourth-order valence-electron chi connectivity index (χ4n) is 3.74. The van der Waals surface area contributed by atoms with E-state index in [0.29, 0.717) is 31.2 Å². The summed E-state index contributed by atoms with van der Waals surface area (Å²) in [5, 5.41) is 0. The van der Waals surface area contributed by atoms with Gasteiger partial charge >= 0.3 is 0 Å². The molecule has 2 aromatic carbocycles. The Balaban J connectivity index is 1.57. The van der Waals surface area contributed by atoms with Gasteiger partial charge in [-0.05, 0) is 62.5 Å². The largest absolute Gasteiger partial charge is 0.493 e. The third-order valence-electron chi connectivity index (χ3n) is 5.27. The number of hydrogen-bond donors (Lipinski definition) is 0. The second-order valence-corrected chi connectivity index (χ2v) is 7.90. The van der Waals surface area contributed by atoms with Crippen molar-refractivity contribution in [3.8, 4) is 11.5 Å². The van der Waals surface area contributed by atoms with Crippen LogP contribution in [0.25, 0.3) is 6.08 Å². The van der Waals surface area contributed by atoms with Crippen molar-refractivity contribution in [1.82, 2.24) is 9.80 Å². The molecule has 0 spiro atoms. The van der Waals surface area contributed by atoms with Crippen LogP contribution >= 0.6 is 0 Å². The van der Waals surface area contributed by atoms with Gasteiger partial charge in [0, 0.05) is 44.5 Å². The van der Waals surface area contributed by atoms with E-state index in [1.54, 1.807) is 13.2 Å². The first kappa shape index (κ1) is 22.7. The number of piperazine rings is 1. The van der Waals surface area contributed by atoms with Gasteiger partial charge in [0.1, 0.15) is 0 Å². The van der Waals surface area contributed by atoms with Gasteiger partial charge in [-0.1, -0.05) is 18.2 Å². The van der Waals surface area contributed by atoms with E-state index in [4.69, 9.17) is 9.47 Å². The van der Waals surface area contributed by atoms with E-state index < -0.39 is 0 Å². The van der Waals surface area contributed by atoms with Crippen molar-refractivity contribution >= 4 is 17.7 Å². The van der Waals surface area contributed by atoms with E-state index in [0.717, 1.165) is 25.2 Å². The fourth-order valence-corrected chi connectivity index (χ4v) is 3.74. The van der Waals surface area contributed by atoms with Gasteiger partial charge in [-0.3, -0.25) is 4.79 Å². The highest BCUT2D eigenvalue weighted by Gasteiger charge is 2.20. The number of rotatable bonds is 8. The molecule has 6 nitrogen and oxygen atoms in total. The molecule has 1 aliphatic heterocycles. The zero-order valence-electron chi connectivity index (χ0n) is 19.0. The minimum atomic E-state index is 0.0360. The van der Waals surface area contributed by atoms with Crippen molar-refractivity contribution in [2.75, 3.05) is 58.9 Å². The van der Waals surface area contributed by atoms with Crippen LogP contribution in [0.5, 0.6) is 11.5 Å². The predicted molar refractivity (Wildman–Crippen MR) is 126 cm³/mol. The summed E-state index contributed by atoms with van der Waals surface area (Å²) < 4.78 is 10.9. The summed E-state index contributed by atoms with van der Waals surface area (Å²) >= 11 is 0. The lowest BCUT2D eigenvalue weighted by molar-refractivity contribution is -0.126. The average molecular weight is 424 g/mol. The van der Waals surface area contributed by atoms with Crippen LogP contribution in [-0.2, 0) is 11.3 Å². The molecule has 6 heteroatoms. The number of anilines is 1. The molecule has 166 valence electrons. The summed E-state index contributed by atoms with van der Waals surface area (Å²) in [6, 6.07) is 14.3. The Hall–Kier alpha value is -2.99. The van der Waals surface area contributed by atoms with E-state index in [1.165, 1.54) is 11.3 Å². The van der Waals surface area contributed by atoms with E-state index >= 15 is 0 Å². The van der Waals surface area contributed by atoms with Crippen molar-refractivity contribution in [1.29, 1.82) is 0 Å². The Labute approximate surface area is 185 Å². The van der Waals surface area contributed by atoms with E-state index in [9.17, 15) is 4.79 Å². The predicted octanol–water partition coefficient (Wildman–Crippen LogP) is 3.52. The van der Waals surface area contributed by atoms with Gasteiger partial charge in [-0.25, -0.2) is 0 Å². The van der Waals surface area contributed by atoms with E-state index in [-0.39, 0.29) is 5.91 Å². The van der Waals surface area contributed by atoms with Gasteiger partial charge in [0.25, 0.3) is 0 Å². The van der Waals surface area contributed by atoms with Crippen molar-refractivity contribution in [3.05, 3.63) is 59.7 Å².